The van der Waals surface area contributed by atoms with Crippen LogP contribution >= 0.6 is 11.3 Å². The molecule has 1 unspecified atom stereocenters. The molecule has 0 radical (unpaired) electrons. The highest BCUT2D eigenvalue weighted by atomic mass is 32.1. The third-order valence-electron chi connectivity index (χ3n) is 2.22. The third kappa shape index (κ3) is 3.89. The number of nitrogens with two attached hydrogens (primary N) is 1. The Morgan fingerprint density at radius 2 is 2.43 bits per heavy atom. The Morgan fingerprint density at radius 3 is 2.93 bits per heavy atom. The second-order valence-corrected chi connectivity index (χ2v) is 4.15. The maximum absolute atomic E-state index is 10.5. The first-order chi connectivity index (χ1) is 6.72. The molecule has 1 atom stereocenters. The molecule has 14 heavy (non-hydrogen) atoms. The van der Waals surface area contributed by atoms with Crippen LogP contribution in [-0.4, -0.2) is 17.6 Å². The lowest BCUT2D eigenvalue weighted by Crippen LogP contribution is -2.18. The zero-order valence-corrected chi connectivity index (χ0v) is 8.80. The van der Waals surface area contributed by atoms with Crippen LogP contribution in [-0.2, 0) is 11.2 Å². The summed E-state index contributed by atoms with van der Waals surface area (Å²) < 4.78 is 0. The van der Waals surface area contributed by atoms with Crippen molar-refractivity contribution in [3.8, 4) is 0 Å². The zero-order chi connectivity index (χ0) is 10.4. The first kappa shape index (κ1) is 11.2. The van der Waals surface area contributed by atoms with Crippen molar-refractivity contribution in [3.63, 3.8) is 0 Å². The molecule has 0 bridgehead atoms. The van der Waals surface area contributed by atoms with E-state index in [1.807, 2.05) is 5.38 Å². The van der Waals surface area contributed by atoms with Gasteiger partial charge in [0.1, 0.15) is 0 Å². The number of thiophene rings is 1. The molecule has 3 N–H and O–H groups in total. The van der Waals surface area contributed by atoms with Gasteiger partial charge in [0, 0.05) is 6.42 Å². The topological polar surface area (TPSA) is 63.3 Å². The molecule has 0 saturated heterocycles. The first-order valence-corrected chi connectivity index (χ1v) is 5.59. The predicted molar refractivity (Wildman–Crippen MR) is 57.4 cm³/mol. The molecule has 0 spiro atoms. The maximum Gasteiger partial charge on any atom is 0.303 e. The molecule has 0 aliphatic rings. The number of aliphatic carboxylic acids is 1. The molecular formula is C10H15NO2S. The number of carboxylic acid groups (broad SMARTS) is 1. The lowest BCUT2D eigenvalue weighted by Gasteiger charge is -2.10. The minimum Gasteiger partial charge on any atom is -0.481 e. The highest BCUT2D eigenvalue weighted by Crippen LogP contribution is 2.14. The average Bonchev–Trinajstić information content (AvgIpc) is 2.64. The van der Waals surface area contributed by atoms with Gasteiger partial charge in [0.25, 0.3) is 0 Å². The smallest absolute Gasteiger partial charge is 0.303 e. The fraction of sp³-hybridized carbons (Fsp3) is 0.500. The SMILES string of the molecule is NCC(CCc1ccsc1)CC(=O)O. The Hall–Kier alpha value is -0.870. The summed E-state index contributed by atoms with van der Waals surface area (Å²) in [5.74, 6) is -0.654. The minimum atomic E-state index is -0.759. The van der Waals surface area contributed by atoms with E-state index < -0.39 is 5.97 Å². The van der Waals surface area contributed by atoms with Crippen LogP contribution in [0.1, 0.15) is 18.4 Å². The quantitative estimate of drug-likeness (QED) is 0.756. The largest absolute Gasteiger partial charge is 0.481 e. The van der Waals surface area contributed by atoms with E-state index >= 15 is 0 Å². The molecule has 0 fully saturated rings. The second kappa shape index (κ2) is 5.78. The van der Waals surface area contributed by atoms with Crippen LogP contribution in [0.4, 0.5) is 0 Å². The summed E-state index contributed by atoms with van der Waals surface area (Å²) in [7, 11) is 0. The molecule has 0 amide bonds. The average molecular weight is 213 g/mol. The van der Waals surface area contributed by atoms with E-state index in [9.17, 15) is 4.79 Å². The van der Waals surface area contributed by atoms with Gasteiger partial charge in [-0.05, 0) is 47.7 Å². The van der Waals surface area contributed by atoms with Crippen LogP contribution in [0, 0.1) is 5.92 Å². The van der Waals surface area contributed by atoms with Gasteiger partial charge in [0.2, 0.25) is 0 Å². The number of hydrogen-bond acceptors (Lipinski definition) is 3. The Kier molecular flexibility index (Phi) is 4.62. The summed E-state index contributed by atoms with van der Waals surface area (Å²) in [6, 6.07) is 2.07. The number of hydrogen-bond donors (Lipinski definition) is 2. The summed E-state index contributed by atoms with van der Waals surface area (Å²) in [6.45, 7) is 0.455. The summed E-state index contributed by atoms with van der Waals surface area (Å²) in [5, 5.41) is 12.7. The molecule has 0 saturated carbocycles. The predicted octanol–water partition coefficient (Wildman–Crippen LogP) is 1.73. The zero-order valence-electron chi connectivity index (χ0n) is 7.98. The molecule has 4 heteroatoms. The lowest BCUT2D eigenvalue weighted by atomic mass is 9.98. The number of aryl methyl sites for hydroxylation is 1. The van der Waals surface area contributed by atoms with Crippen molar-refractivity contribution in [1.29, 1.82) is 0 Å². The lowest BCUT2D eigenvalue weighted by molar-refractivity contribution is -0.138. The van der Waals surface area contributed by atoms with Gasteiger partial charge in [-0.25, -0.2) is 0 Å². The Balaban J connectivity index is 2.30. The standard InChI is InChI=1S/C10H15NO2S/c11-6-9(5-10(12)13)2-1-8-3-4-14-7-8/h3-4,7,9H,1-2,5-6,11H2,(H,12,13). The normalized spacial score (nSPS) is 12.6. The van der Waals surface area contributed by atoms with Crippen LogP contribution in [0.2, 0.25) is 0 Å². The molecule has 1 heterocycles. The van der Waals surface area contributed by atoms with E-state index in [0.717, 1.165) is 12.8 Å². The van der Waals surface area contributed by atoms with Gasteiger partial charge in [0.05, 0.1) is 0 Å². The molecule has 0 aliphatic carbocycles. The summed E-state index contributed by atoms with van der Waals surface area (Å²) >= 11 is 1.67. The molecule has 1 rings (SSSR count). The van der Waals surface area contributed by atoms with Gasteiger partial charge in [0.15, 0.2) is 0 Å². The van der Waals surface area contributed by atoms with Gasteiger partial charge in [-0.1, -0.05) is 0 Å². The Labute approximate surface area is 87.6 Å². The van der Waals surface area contributed by atoms with Gasteiger partial charge in [-0.3, -0.25) is 4.79 Å². The van der Waals surface area contributed by atoms with Gasteiger partial charge in [-0.15, -0.1) is 0 Å². The Bertz CT molecular complexity index is 272. The molecule has 3 nitrogen and oxygen atoms in total. The van der Waals surface area contributed by atoms with E-state index in [-0.39, 0.29) is 12.3 Å². The monoisotopic (exact) mass is 213 g/mol. The van der Waals surface area contributed by atoms with E-state index in [2.05, 4.69) is 11.4 Å². The van der Waals surface area contributed by atoms with Crippen molar-refractivity contribution in [2.45, 2.75) is 19.3 Å². The highest BCUT2D eigenvalue weighted by molar-refractivity contribution is 7.07. The molecule has 1 aromatic heterocycles. The van der Waals surface area contributed by atoms with Crippen molar-refractivity contribution in [1.82, 2.24) is 0 Å². The van der Waals surface area contributed by atoms with Gasteiger partial charge in [-0.2, -0.15) is 11.3 Å². The summed E-state index contributed by atoms with van der Waals surface area (Å²) in [4.78, 5) is 10.5. The third-order valence-corrected chi connectivity index (χ3v) is 2.95. The second-order valence-electron chi connectivity index (χ2n) is 3.37. The molecule has 78 valence electrons. The number of rotatable bonds is 6. The molecule has 0 aliphatic heterocycles. The van der Waals surface area contributed by atoms with Crippen molar-refractivity contribution in [3.05, 3.63) is 22.4 Å². The summed E-state index contributed by atoms with van der Waals surface area (Å²) in [6.07, 6.45) is 1.97. The van der Waals surface area contributed by atoms with Crippen LogP contribution in [0.3, 0.4) is 0 Å². The van der Waals surface area contributed by atoms with E-state index in [4.69, 9.17) is 10.8 Å². The fourth-order valence-electron chi connectivity index (χ4n) is 1.36. The van der Waals surface area contributed by atoms with Gasteiger partial charge >= 0.3 is 5.97 Å². The van der Waals surface area contributed by atoms with Gasteiger partial charge < -0.3 is 10.8 Å². The van der Waals surface area contributed by atoms with Crippen LogP contribution in [0.15, 0.2) is 16.8 Å². The van der Waals surface area contributed by atoms with Crippen molar-refractivity contribution < 1.29 is 9.90 Å². The molecule has 0 aromatic carbocycles. The fourth-order valence-corrected chi connectivity index (χ4v) is 2.06. The minimum absolute atomic E-state index is 0.104. The van der Waals surface area contributed by atoms with Crippen molar-refractivity contribution in [2.24, 2.45) is 11.7 Å². The number of carbonyl (C=O) groups is 1. The Morgan fingerprint density at radius 1 is 1.64 bits per heavy atom. The van der Waals surface area contributed by atoms with Crippen LogP contribution in [0.25, 0.3) is 0 Å². The van der Waals surface area contributed by atoms with Crippen molar-refractivity contribution in [2.75, 3.05) is 6.54 Å². The van der Waals surface area contributed by atoms with E-state index in [0.29, 0.717) is 6.54 Å². The summed E-state index contributed by atoms with van der Waals surface area (Å²) in [5.41, 5.74) is 6.78. The highest BCUT2D eigenvalue weighted by Gasteiger charge is 2.11. The number of carboxylic acids is 1. The van der Waals surface area contributed by atoms with E-state index in [1.54, 1.807) is 11.3 Å². The maximum atomic E-state index is 10.5. The first-order valence-electron chi connectivity index (χ1n) is 4.65. The van der Waals surface area contributed by atoms with Crippen LogP contribution < -0.4 is 5.73 Å². The van der Waals surface area contributed by atoms with E-state index in [1.165, 1.54) is 5.56 Å². The van der Waals surface area contributed by atoms with Crippen LogP contribution in [0.5, 0.6) is 0 Å². The molecular weight excluding hydrogens is 198 g/mol. The van der Waals surface area contributed by atoms with Crippen molar-refractivity contribution >= 4 is 17.3 Å². The molecule has 1 aromatic rings.